The molecule has 0 aromatic heterocycles. The van der Waals surface area contributed by atoms with Crippen molar-refractivity contribution in [3.05, 3.63) is 28.8 Å². The van der Waals surface area contributed by atoms with E-state index in [0.29, 0.717) is 6.54 Å². The molecule has 0 saturated heterocycles. The first-order valence-corrected chi connectivity index (χ1v) is 8.22. The molecule has 0 bridgehead atoms. The van der Waals surface area contributed by atoms with Crippen LogP contribution < -0.4 is 5.32 Å². The highest BCUT2D eigenvalue weighted by Gasteiger charge is 2.18. The predicted molar refractivity (Wildman–Crippen MR) is 76.3 cm³/mol. The Morgan fingerprint density at radius 2 is 1.89 bits per heavy atom. The number of rotatable bonds is 3. The molecule has 0 radical (unpaired) electrons. The highest BCUT2D eigenvalue weighted by molar-refractivity contribution is 8.13. The average Bonchev–Trinajstić information content (AvgIpc) is 2.24. The van der Waals surface area contributed by atoms with E-state index in [1.807, 2.05) is 20.8 Å². The third kappa shape index (κ3) is 5.01. The van der Waals surface area contributed by atoms with Gasteiger partial charge in [-0.2, -0.15) is 0 Å². The fourth-order valence-electron chi connectivity index (χ4n) is 1.27. The molecule has 0 aliphatic carbocycles. The predicted octanol–water partition coefficient (Wildman–Crippen LogP) is 3.04. The largest absolute Gasteiger partial charge is 0.351 e. The van der Waals surface area contributed by atoms with Gasteiger partial charge in [0, 0.05) is 17.2 Å². The van der Waals surface area contributed by atoms with Crippen LogP contribution >= 0.6 is 22.3 Å². The zero-order chi connectivity index (χ0) is 14.8. The van der Waals surface area contributed by atoms with Crippen molar-refractivity contribution in [1.29, 1.82) is 0 Å². The zero-order valence-electron chi connectivity index (χ0n) is 10.8. The molecular formula is C12H15Cl2NO3S. The molecule has 0 aliphatic rings. The highest BCUT2D eigenvalue weighted by Crippen LogP contribution is 2.23. The van der Waals surface area contributed by atoms with Gasteiger partial charge in [-0.1, -0.05) is 32.4 Å². The normalized spacial score (nSPS) is 12.3. The number of amides is 1. The molecule has 1 amide bonds. The molecule has 1 N–H and O–H groups in total. The molecule has 0 heterocycles. The van der Waals surface area contributed by atoms with Crippen molar-refractivity contribution in [3.8, 4) is 0 Å². The molecule has 0 fully saturated rings. The van der Waals surface area contributed by atoms with Crippen LogP contribution in [-0.2, 0) is 9.05 Å². The smallest absolute Gasteiger partial charge is 0.261 e. The molecule has 0 spiro atoms. The van der Waals surface area contributed by atoms with Gasteiger partial charge in [0.15, 0.2) is 0 Å². The molecule has 1 rings (SSSR count). The first-order valence-electron chi connectivity index (χ1n) is 5.53. The standard InChI is InChI=1S/C12H15Cl2NO3S/c1-12(2,3)7-15-11(16)9-6-8(19(14,17)18)4-5-10(9)13/h4-6H,7H2,1-3H3,(H,15,16). The van der Waals surface area contributed by atoms with Crippen LogP contribution in [0.3, 0.4) is 0 Å². The second kappa shape index (κ2) is 5.69. The first-order chi connectivity index (χ1) is 8.50. The Balaban J connectivity index is 3.03. The minimum atomic E-state index is -3.89. The highest BCUT2D eigenvalue weighted by atomic mass is 35.7. The van der Waals surface area contributed by atoms with Gasteiger partial charge in [0.05, 0.1) is 15.5 Å². The van der Waals surface area contributed by atoms with E-state index in [2.05, 4.69) is 5.32 Å². The summed E-state index contributed by atoms with van der Waals surface area (Å²) in [6.45, 7) is 6.34. The van der Waals surface area contributed by atoms with E-state index >= 15 is 0 Å². The van der Waals surface area contributed by atoms with Gasteiger partial charge in [0.25, 0.3) is 15.0 Å². The number of nitrogens with one attached hydrogen (secondary N) is 1. The fourth-order valence-corrected chi connectivity index (χ4v) is 2.25. The van der Waals surface area contributed by atoms with Crippen LogP contribution in [0.1, 0.15) is 31.1 Å². The Bertz CT molecular complexity index is 591. The summed E-state index contributed by atoms with van der Waals surface area (Å²) in [7, 11) is 1.35. The molecule has 0 atom stereocenters. The number of hydrogen-bond acceptors (Lipinski definition) is 3. The summed E-state index contributed by atoms with van der Waals surface area (Å²) in [5, 5.41) is 2.87. The number of carbonyl (C=O) groups excluding carboxylic acids is 1. The van der Waals surface area contributed by atoms with Crippen molar-refractivity contribution < 1.29 is 13.2 Å². The summed E-state index contributed by atoms with van der Waals surface area (Å²) in [6.07, 6.45) is 0. The number of hydrogen-bond donors (Lipinski definition) is 1. The van der Waals surface area contributed by atoms with Crippen LogP contribution in [0.2, 0.25) is 5.02 Å². The van der Waals surface area contributed by atoms with Crippen LogP contribution in [0.4, 0.5) is 0 Å². The molecule has 0 saturated carbocycles. The second-order valence-corrected chi connectivity index (χ2v) is 8.30. The van der Waals surface area contributed by atoms with Crippen molar-refractivity contribution >= 4 is 37.2 Å². The van der Waals surface area contributed by atoms with Gasteiger partial charge in [-0.15, -0.1) is 0 Å². The van der Waals surface area contributed by atoms with Crippen molar-refractivity contribution in [2.24, 2.45) is 5.41 Å². The lowest BCUT2D eigenvalue weighted by molar-refractivity contribution is 0.0939. The summed E-state index contributed by atoms with van der Waals surface area (Å²) in [5.74, 6) is -0.429. The van der Waals surface area contributed by atoms with Gasteiger partial charge in [-0.25, -0.2) is 8.42 Å². The average molecular weight is 324 g/mol. The van der Waals surface area contributed by atoms with Gasteiger partial charge >= 0.3 is 0 Å². The second-order valence-electron chi connectivity index (χ2n) is 5.32. The number of halogens is 2. The lowest BCUT2D eigenvalue weighted by Gasteiger charge is -2.19. The molecular weight excluding hydrogens is 309 g/mol. The number of benzene rings is 1. The topological polar surface area (TPSA) is 63.2 Å². The Morgan fingerprint density at radius 3 is 2.37 bits per heavy atom. The molecule has 0 aliphatic heterocycles. The van der Waals surface area contributed by atoms with Gasteiger partial charge < -0.3 is 5.32 Å². The van der Waals surface area contributed by atoms with Crippen LogP contribution in [0.25, 0.3) is 0 Å². The van der Waals surface area contributed by atoms with Crippen LogP contribution in [-0.4, -0.2) is 20.9 Å². The van der Waals surface area contributed by atoms with Gasteiger partial charge in [0.1, 0.15) is 0 Å². The summed E-state index contributed by atoms with van der Waals surface area (Å²) < 4.78 is 22.5. The monoisotopic (exact) mass is 323 g/mol. The minimum Gasteiger partial charge on any atom is -0.351 e. The molecule has 0 unspecified atom stereocenters. The van der Waals surface area contributed by atoms with E-state index in [1.54, 1.807) is 0 Å². The molecule has 1 aromatic rings. The molecule has 4 nitrogen and oxygen atoms in total. The van der Waals surface area contributed by atoms with E-state index < -0.39 is 15.0 Å². The van der Waals surface area contributed by atoms with Crippen LogP contribution in [0.15, 0.2) is 23.1 Å². The SMILES string of the molecule is CC(C)(C)CNC(=O)c1cc(S(=O)(=O)Cl)ccc1Cl. The van der Waals surface area contributed by atoms with Gasteiger partial charge in [-0.05, 0) is 23.6 Å². The maximum absolute atomic E-state index is 12.0. The fraction of sp³-hybridized carbons (Fsp3) is 0.417. The lowest BCUT2D eigenvalue weighted by atomic mass is 9.97. The quantitative estimate of drug-likeness (QED) is 0.869. The Morgan fingerprint density at radius 1 is 1.32 bits per heavy atom. The van der Waals surface area contributed by atoms with Crippen molar-refractivity contribution in [2.75, 3.05) is 6.54 Å². The maximum Gasteiger partial charge on any atom is 0.261 e. The Hall–Kier alpha value is -0.780. The minimum absolute atomic E-state index is 0.0850. The van der Waals surface area contributed by atoms with Crippen LogP contribution in [0.5, 0.6) is 0 Å². The Labute approximate surface area is 122 Å². The Kier molecular flexibility index (Phi) is 4.87. The van der Waals surface area contributed by atoms with E-state index in [4.69, 9.17) is 22.3 Å². The van der Waals surface area contributed by atoms with E-state index in [1.165, 1.54) is 18.2 Å². The van der Waals surface area contributed by atoms with E-state index in [9.17, 15) is 13.2 Å². The van der Waals surface area contributed by atoms with Crippen molar-refractivity contribution in [3.63, 3.8) is 0 Å². The van der Waals surface area contributed by atoms with Crippen LogP contribution in [0, 0.1) is 5.41 Å². The third-order valence-corrected chi connectivity index (χ3v) is 3.92. The molecule has 106 valence electrons. The van der Waals surface area contributed by atoms with E-state index in [0.717, 1.165) is 0 Å². The van der Waals surface area contributed by atoms with Crippen molar-refractivity contribution in [1.82, 2.24) is 5.32 Å². The first kappa shape index (κ1) is 16.3. The third-order valence-electron chi connectivity index (χ3n) is 2.24. The summed E-state index contributed by atoms with van der Waals surface area (Å²) in [6, 6.07) is 3.76. The molecule has 19 heavy (non-hydrogen) atoms. The van der Waals surface area contributed by atoms with Gasteiger partial charge in [-0.3, -0.25) is 4.79 Å². The maximum atomic E-state index is 12.0. The lowest BCUT2D eigenvalue weighted by Crippen LogP contribution is -2.32. The van der Waals surface area contributed by atoms with Gasteiger partial charge in [0.2, 0.25) is 0 Å². The summed E-state index contributed by atoms with van der Waals surface area (Å²) >= 11 is 5.89. The summed E-state index contributed by atoms with van der Waals surface area (Å²) in [4.78, 5) is 11.8. The zero-order valence-corrected chi connectivity index (χ0v) is 13.2. The van der Waals surface area contributed by atoms with E-state index in [-0.39, 0.29) is 20.9 Å². The summed E-state index contributed by atoms with van der Waals surface area (Å²) in [5.41, 5.74) is 0.00540. The number of carbonyl (C=O) groups is 1. The molecule has 7 heteroatoms. The molecule has 1 aromatic carbocycles. The van der Waals surface area contributed by atoms with Crippen molar-refractivity contribution in [2.45, 2.75) is 25.7 Å².